The second-order valence-corrected chi connectivity index (χ2v) is 7.03. The lowest BCUT2D eigenvalue weighted by molar-refractivity contribution is 0.238. The van der Waals surface area contributed by atoms with Crippen LogP contribution in [0.4, 0.5) is 0 Å². The van der Waals surface area contributed by atoms with Gasteiger partial charge >= 0.3 is 0 Å². The molecule has 1 heteroatoms. The second-order valence-electron chi connectivity index (χ2n) is 7.03. The molecular formula is C15H29N. The van der Waals surface area contributed by atoms with Gasteiger partial charge in [-0.2, -0.15) is 0 Å². The Morgan fingerprint density at radius 2 is 1.88 bits per heavy atom. The Bertz CT molecular complexity index is 221. The van der Waals surface area contributed by atoms with Crippen molar-refractivity contribution in [2.45, 2.75) is 71.8 Å². The van der Waals surface area contributed by atoms with E-state index < -0.39 is 0 Å². The van der Waals surface area contributed by atoms with Crippen LogP contribution in [0, 0.1) is 17.3 Å². The Hall–Kier alpha value is -0.0400. The molecule has 0 aromatic carbocycles. The van der Waals surface area contributed by atoms with Crippen molar-refractivity contribution in [3.63, 3.8) is 0 Å². The van der Waals surface area contributed by atoms with Gasteiger partial charge in [0, 0.05) is 6.04 Å². The van der Waals surface area contributed by atoms with E-state index in [1.165, 1.54) is 51.5 Å². The van der Waals surface area contributed by atoms with Gasteiger partial charge in [0.15, 0.2) is 0 Å². The summed E-state index contributed by atoms with van der Waals surface area (Å²) >= 11 is 0. The third-order valence-electron chi connectivity index (χ3n) is 4.93. The molecule has 2 aliphatic rings. The number of hydrogen-bond acceptors (Lipinski definition) is 1. The average Bonchev–Trinajstić information content (AvgIpc) is 2.57. The van der Waals surface area contributed by atoms with Gasteiger partial charge in [0.25, 0.3) is 0 Å². The quantitative estimate of drug-likeness (QED) is 0.763. The molecule has 0 aliphatic heterocycles. The van der Waals surface area contributed by atoms with Gasteiger partial charge in [-0.3, -0.25) is 0 Å². The molecule has 0 heterocycles. The van der Waals surface area contributed by atoms with E-state index >= 15 is 0 Å². The average molecular weight is 223 g/mol. The molecule has 0 aromatic heterocycles. The lowest BCUT2D eigenvalue weighted by Crippen LogP contribution is -2.35. The third-order valence-corrected chi connectivity index (χ3v) is 4.93. The summed E-state index contributed by atoms with van der Waals surface area (Å²) in [6, 6.07) is 0.809. The standard InChI is InChI=1S/C15H29N/c1-12-6-4-5-7-13(12)11-16-14-8-9-15(2,3)10-14/h12-14,16H,4-11H2,1-3H3. The molecule has 0 amide bonds. The Labute approximate surface area is 101 Å². The number of rotatable bonds is 3. The third kappa shape index (κ3) is 3.23. The van der Waals surface area contributed by atoms with Crippen molar-refractivity contribution in [2.24, 2.45) is 17.3 Å². The van der Waals surface area contributed by atoms with E-state index in [9.17, 15) is 0 Å². The molecule has 3 atom stereocenters. The normalized spacial score (nSPS) is 38.8. The lowest BCUT2D eigenvalue weighted by Gasteiger charge is -2.30. The van der Waals surface area contributed by atoms with E-state index in [-0.39, 0.29) is 0 Å². The molecule has 2 saturated carbocycles. The smallest absolute Gasteiger partial charge is 0.00724 e. The summed E-state index contributed by atoms with van der Waals surface area (Å²) in [5.74, 6) is 1.91. The zero-order valence-corrected chi connectivity index (χ0v) is 11.4. The molecule has 0 bridgehead atoms. The first kappa shape index (κ1) is 12.4. The maximum atomic E-state index is 3.84. The minimum atomic E-state index is 0.593. The first-order valence-corrected chi connectivity index (χ1v) is 7.30. The Morgan fingerprint density at radius 3 is 2.50 bits per heavy atom. The van der Waals surface area contributed by atoms with Gasteiger partial charge < -0.3 is 5.32 Å². The fourth-order valence-corrected chi connectivity index (χ4v) is 3.62. The van der Waals surface area contributed by atoms with Crippen molar-refractivity contribution in [1.82, 2.24) is 5.32 Å². The molecule has 2 rings (SSSR count). The van der Waals surface area contributed by atoms with Crippen LogP contribution >= 0.6 is 0 Å². The van der Waals surface area contributed by atoms with Gasteiger partial charge in [-0.1, -0.05) is 40.0 Å². The molecule has 0 saturated heterocycles. The summed E-state index contributed by atoms with van der Waals surface area (Å²) in [4.78, 5) is 0. The molecule has 16 heavy (non-hydrogen) atoms. The van der Waals surface area contributed by atoms with Crippen LogP contribution in [0.25, 0.3) is 0 Å². The van der Waals surface area contributed by atoms with E-state index in [2.05, 4.69) is 26.1 Å². The molecule has 0 aromatic rings. The van der Waals surface area contributed by atoms with Crippen LogP contribution in [0.2, 0.25) is 0 Å². The Kier molecular flexibility index (Phi) is 3.94. The van der Waals surface area contributed by atoms with E-state index in [0.29, 0.717) is 5.41 Å². The van der Waals surface area contributed by atoms with E-state index in [0.717, 1.165) is 17.9 Å². The molecule has 94 valence electrons. The Balaban J connectivity index is 1.71. The predicted octanol–water partition coefficient (Wildman–Crippen LogP) is 3.98. The zero-order chi connectivity index (χ0) is 11.6. The molecular weight excluding hydrogens is 194 g/mol. The van der Waals surface area contributed by atoms with Crippen molar-refractivity contribution in [1.29, 1.82) is 0 Å². The first-order chi connectivity index (χ1) is 7.57. The first-order valence-electron chi connectivity index (χ1n) is 7.30. The Morgan fingerprint density at radius 1 is 1.12 bits per heavy atom. The number of nitrogens with one attached hydrogen (secondary N) is 1. The van der Waals surface area contributed by atoms with E-state index in [1.54, 1.807) is 0 Å². The summed E-state index contributed by atoms with van der Waals surface area (Å²) < 4.78 is 0. The largest absolute Gasteiger partial charge is 0.314 e. The molecule has 0 spiro atoms. The van der Waals surface area contributed by atoms with Gasteiger partial charge in [-0.25, -0.2) is 0 Å². The van der Waals surface area contributed by atoms with Gasteiger partial charge in [0.05, 0.1) is 0 Å². The highest BCUT2D eigenvalue weighted by molar-refractivity contribution is 4.87. The molecule has 1 N–H and O–H groups in total. The maximum Gasteiger partial charge on any atom is 0.00724 e. The molecule has 0 radical (unpaired) electrons. The monoisotopic (exact) mass is 223 g/mol. The van der Waals surface area contributed by atoms with Crippen molar-refractivity contribution in [2.75, 3.05) is 6.54 Å². The minimum absolute atomic E-state index is 0.593. The molecule has 1 nitrogen and oxygen atoms in total. The minimum Gasteiger partial charge on any atom is -0.314 e. The van der Waals surface area contributed by atoms with Crippen LogP contribution in [-0.4, -0.2) is 12.6 Å². The van der Waals surface area contributed by atoms with E-state index in [4.69, 9.17) is 0 Å². The van der Waals surface area contributed by atoms with Crippen LogP contribution < -0.4 is 5.32 Å². The fourth-order valence-electron chi connectivity index (χ4n) is 3.62. The summed E-state index contributed by atoms with van der Waals surface area (Å²) in [5.41, 5.74) is 0.593. The summed E-state index contributed by atoms with van der Waals surface area (Å²) in [5, 5.41) is 3.84. The van der Waals surface area contributed by atoms with Crippen molar-refractivity contribution < 1.29 is 0 Å². The summed E-state index contributed by atoms with van der Waals surface area (Å²) in [6.45, 7) is 8.56. The fraction of sp³-hybridized carbons (Fsp3) is 1.00. The summed E-state index contributed by atoms with van der Waals surface area (Å²) in [7, 11) is 0. The van der Waals surface area contributed by atoms with Crippen molar-refractivity contribution in [3.8, 4) is 0 Å². The number of hydrogen-bond donors (Lipinski definition) is 1. The van der Waals surface area contributed by atoms with Gasteiger partial charge in [0.1, 0.15) is 0 Å². The molecule has 2 aliphatic carbocycles. The zero-order valence-electron chi connectivity index (χ0n) is 11.4. The highest BCUT2D eigenvalue weighted by atomic mass is 14.9. The summed E-state index contributed by atoms with van der Waals surface area (Å²) in [6.07, 6.45) is 10.0. The SMILES string of the molecule is CC1CCCCC1CNC1CCC(C)(C)C1. The topological polar surface area (TPSA) is 12.0 Å². The second kappa shape index (κ2) is 5.08. The highest BCUT2D eigenvalue weighted by Crippen LogP contribution is 2.37. The molecule has 3 unspecified atom stereocenters. The maximum absolute atomic E-state index is 3.84. The van der Waals surface area contributed by atoms with Crippen LogP contribution in [0.1, 0.15) is 65.7 Å². The van der Waals surface area contributed by atoms with Gasteiger partial charge in [0.2, 0.25) is 0 Å². The van der Waals surface area contributed by atoms with Gasteiger partial charge in [-0.05, 0) is 49.5 Å². The van der Waals surface area contributed by atoms with E-state index in [1.807, 2.05) is 0 Å². The van der Waals surface area contributed by atoms with Crippen molar-refractivity contribution >= 4 is 0 Å². The van der Waals surface area contributed by atoms with Crippen LogP contribution in [-0.2, 0) is 0 Å². The van der Waals surface area contributed by atoms with Crippen LogP contribution in [0.15, 0.2) is 0 Å². The van der Waals surface area contributed by atoms with Crippen molar-refractivity contribution in [3.05, 3.63) is 0 Å². The predicted molar refractivity (Wildman–Crippen MR) is 70.5 cm³/mol. The highest BCUT2D eigenvalue weighted by Gasteiger charge is 2.31. The van der Waals surface area contributed by atoms with Crippen LogP contribution in [0.3, 0.4) is 0 Å². The lowest BCUT2D eigenvalue weighted by atomic mass is 9.80. The van der Waals surface area contributed by atoms with Gasteiger partial charge in [-0.15, -0.1) is 0 Å². The molecule has 2 fully saturated rings. The van der Waals surface area contributed by atoms with Crippen LogP contribution in [0.5, 0.6) is 0 Å².